The predicted octanol–water partition coefficient (Wildman–Crippen LogP) is 3.42. The van der Waals surface area contributed by atoms with Gasteiger partial charge in [0.2, 0.25) is 5.95 Å². The molecule has 0 bridgehead atoms. The zero-order valence-corrected chi connectivity index (χ0v) is 10.7. The molecule has 0 unspecified atom stereocenters. The molecule has 0 amide bonds. The minimum absolute atomic E-state index is 0.549. The van der Waals surface area contributed by atoms with Crippen LogP contribution >= 0.6 is 22.9 Å². The number of hydrogen-bond acceptors (Lipinski definition) is 4. The first-order valence-corrected chi connectivity index (χ1v) is 6.12. The van der Waals surface area contributed by atoms with Crippen LogP contribution in [0.1, 0.15) is 15.3 Å². The fourth-order valence-electron chi connectivity index (χ4n) is 1.31. The molecule has 2 heterocycles. The second kappa shape index (κ2) is 4.80. The second-order valence-corrected chi connectivity index (χ2v) is 5.31. The van der Waals surface area contributed by atoms with E-state index in [-0.39, 0.29) is 0 Å². The Labute approximate surface area is 104 Å². The van der Waals surface area contributed by atoms with E-state index in [0.717, 1.165) is 6.54 Å². The fraction of sp³-hybridized carbons (Fsp3) is 0.273. The Balaban J connectivity index is 1.99. The van der Waals surface area contributed by atoms with Crippen molar-refractivity contribution in [3.05, 3.63) is 38.8 Å². The first-order valence-electron chi connectivity index (χ1n) is 4.92. The lowest BCUT2D eigenvalue weighted by molar-refractivity contribution is 1.07. The van der Waals surface area contributed by atoms with Gasteiger partial charge in [0.25, 0.3) is 0 Å². The van der Waals surface area contributed by atoms with Crippen molar-refractivity contribution in [2.24, 2.45) is 0 Å². The maximum Gasteiger partial charge on any atom is 0.222 e. The molecule has 0 spiro atoms. The third-order valence-electron chi connectivity index (χ3n) is 2.26. The van der Waals surface area contributed by atoms with Crippen molar-refractivity contribution in [3.8, 4) is 0 Å². The second-order valence-electron chi connectivity index (χ2n) is 3.53. The summed E-state index contributed by atoms with van der Waals surface area (Å²) in [5.41, 5.74) is 1.33. The predicted molar refractivity (Wildman–Crippen MR) is 68.2 cm³/mol. The largest absolute Gasteiger partial charge is 0.349 e. The van der Waals surface area contributed by atoms with Crippen LogP contribution in [0.2, 0.25) is 5.02 Å². The molecular weight excluding hydrogens is 242 g/mol. The minimum Gasteiger partial charge on any atom is -0.349 e. The summed E-state index contributed by atoms with van der Waals surface area (Å²) in [4.78, 5) is 10.8. The number of anilines is 1. The van der Waals surface area contributed by atoms with Gasteiger partial charge in [0.05, 0.1) is 24.0 Å². The van der Waals surface area contributed by atoms with Crippen LogP contribution < -0.4 is 5.32 Å². The van der Waals surface area contributed by atoms with Crippen LogP contribution in [0.5, 0.6) is 0 Å². The molecule has 0 aliphatic heterocycles. The number of aryl methyl sites for hydroxylation is 2. The molecule has 0 aliphatic carbocycles. The van der Waals surface area contributed by atoms with E-state index in [0.29, 0.717) is 11.0 Å². The fourth-order valence-corrected chi connectivity index (χ4v) is 2.40. The third kappa shape index (κ3) is 2.71. The van der Waals surface area contributed by atoms with Crippen molar-refractivity contribution >= 4 is 28.9 Å². The van der Waals surface area contributed by atoms with Gasteiger partial charge < -0.3 is 5.32 Å². The average molecular weight is 254 g/mol. The first-order chi connectivity index (χ1) is 7.65. The molecule has 0 atom stereocenters. The van der Waals surface area contributed by atoms with Gasteiger partial charge in [-0.25, -0.2) is 9.97 Å². The zero-order valence-electron chi connectivity index (χ0n) is 9.12. The number of hydrogen-bond donors (Lipinski definition) is 1. The Morgan fingerprint density at radius 1 is 1.31 bits per heavy atom. The van der Waals surface area contributed by atoms with Crippen molar-refractivity contribution in [2.45, 2.75) is 20.4 Å². The molecule has 5 heteroatoms. The van der Waals surface area contributed by atoms with Crippen LogP contribution in [-0.2, 0) is 6.54 Å². The quantitative estimate of drug-likeness (QED) is 0.911. The van der Waals surface area contributed by atoms with E-state index in [1.807, 2.05) is 0 Å². The van der Waals surface area contributed by atoms with Crippen LogP contribution in [0.3, 0.4) is 0 Å². The van der Waals surface area contributed by atoms with E-state index in [1.165, 1.54) is 15.3 Å². The minimum atomic E-state index is 0.549. The SMILES string of the molecule is Cc1cc(CNc2ncc(Cl)cn2)sc1C. The maximum absolute atomic E-state index is 5.70. The van der Waals surface area contributed by atoms with Gasteiger partial charge in [-0.1, -0.05) is 11.6 Å². The Bertz CT molecular complexity index is 459. The van der Waals surface area contributed by atoms with Gasteiger partial charge in [0, 0.05) is 9.75 Å². The third-order valence-corrected chi connectivity index (χ3v) is 3.61. The van der Waals surface area contributed by atoms with Crippen molar-refractivity contribution in [1.29, 1.82) is 0 Å². The molecular formula is C11H12ClN3S. The van der Waals surface area contributed by atoms with E-state index in [9.17, 15) is 0 Å². The van der Waals surface area contributed by atoms with Gasteiger partial charge in [-0.3, -0.25) is 0 Å². The smallest absolute Gasteiger partial charge is 0.222 e. The van der Waals surface area contributed by atoms with Crippen LogP contribution in [0, 0.1) is 13.8 Å². The van der Waals surface area contributed by atoms with E-state index < -0.39 is 0 Å². The van der Waals surface area contributed by atoms with Gasteiger partial charge in [-0.05, 0) is 25.5 Å². The van der Waals surface area contributed by atoms with Gasteiger partial charge in [-0.2, -0.15) is 0 Å². The molecule has 0 radical (unpaired) electrons. The lowest BCUT2D eigenvalue weighted by Gasteiger charge is -2.01. The van der Waals surface area contributed by atoms with Crippen molar-refractivity contribution in [3.63, 3.8) is 0 Å². The highest BCUT2D eigenvalue weighted by atomic mass is 35.5. The Morgan fingerprint density at radius 3 is 2.56 bits per heavy atom. The molecule has 2 rings (SSSR count). The van der Waals surface area contributed by atoms with E-state index in [1.54, 1.807) is 23.7 Å². The number of nitrogens with one attached hydrogen (secondary N) is 1. The first kappa shape index (κ1) is 11.4. The highest BCUT2D eigenvalue weighted by Gasteiger charge is 2.02. The molecule has 84 valence electrons. The lowest BCUT2D eigenvalue weighted by atomic mass is 10.3. The van der Waals surface area contributed by atoms with Gasteiger partial charge in [0.1, 0.15) is 0 Å². The van der Waals surface area contributed by atoms with Crippen molar-refractivity contribution in [1.82, 2.24) is 9.97 Å². The summed E-state index contributed by atoms with van der Waals surface area (Å²) in [6, 6.07) is 2.18. The molecule has 0 saturated heterocycles. The van der Waals surface area contributed by atoms with Crippen LogP contribution in [0.25, 0.3) is 0 Å². The summed E-state index contributed by atoms with van der Waals surface area (Å²) >= 11 is 7.49. The summed E-state index contributed by atoms with van der Waals surface area (Å²) in [6.45, 7) is 5.00. The summed E-state index contributed by atoms with van der Waals surface area (Å²) in [7, 11) is 0. The van der Waals surface area contributed by atoms with E-state index >= 15 is 0 Å². The Hall–Kier alpha value is -1.13. The molecule has 0 saturated carbocycles. The number of aromatic nitrogens is 2. The van der Waals surface area contributed by atoms with Crippen molar-refractivity contribution in [2.75, 3.05) is 5.32 Å². The van der Waals surface area contributed by atoms with Crippen LogP contribution in [0.4, 0.5) is 5.95 Å². The summed E-state index contributed by atoms with van der Waals surface area (Å²) in [5, 5.41) is 3.71. The number of thiophene rings is 1. The summed E-state index contributed by atoms with van der Waals surface area (Å²) < 4.78 is 0. The topological polar surface area (TPSA) is 37.8 Å². The van der Waals surface area contributed by atoms with Gasteiger partial charge in [0.15, 0.2) is 0 Å². The lowest BCUT2D eigenvalue weighted by Crippen LogP contribution is -2.01. The number of halogens is 1. The number of nitrogens with zero attached hydrogens (tertiary/aromatic N) is 2. The monoisotopic (exact) mass is 253 g/mol. The van der Waals surface area contributed by atoms with Gasteiger partial charge >= 0.3 is 0 Å². The molecule has 3 nitrogen and oxygen atoms in total. The maximum atomic E-state index is 5.70. The number of rotatable bonds is 3. The van der Waals surface area contributed by atoms with E-state index in [2.05, 4.69) is 35.2 Å². The average Bonchev–Trinajstić information content (AvgIpc) is 2.58. The standard InChI is InChI=1S/C11H12ClN3S/c1-7-3-10(16-8(7)2)6-15-11-13-4-9(12)5-14-11/h3-5H,6H2,1-2H3,(H,13,14,15). The Kier molecular flexibility index (Phi) is 3.41. The molecule has 1 N–H and O–H groups in total. The van der Waals surface area contributed by atoms with Crippen LogP contribution in [-0.4, -0.2) is 9.97 Å². The molecule has 2 aromatic rings. The van der Waals surface area contributed by atoms with Crippen molar-refractivity contribution < 1.29 is 0 Å². The van der Waals surface area contributed by atoms with Crippen LogP contribution in [0.15, 0.2) is 18.5 Å². The molecule has 0 fully saturated rings. The summed E-state index contributed by atoms with van der Waals surface area (Å²) in [6.07, 6.45) is 3.17. The molecule has 0 aliphatic rings. The zero-order chi connectivity index (χ0) is 11.5. The van der Waals surface area contributed by atoms with Gasteiger partial charge in [-0.15, -0.1) is 11.3 Å². The molecule has 16 heavy (non-hydrogen) atoms. The molecule has 0 aromatic carbocycles. The highest BCUT2D eigenvalue weighted by Crippen LogP contribution is 2.21. The normalized spacial score (nSPS) is 10.4. The Morgan fingerprint density at radius 2 is 2.00 bits per heavy atom. The molecule has 2 aromatic heterocycles. The highest BCUT2D eigenvalue weighted by molar-refractivity contribution is 7.12. The van der Waals surface area contributed by atoms with E-state index in [4.69, 9.17) is 11.6 Å². The summed E-state index contributed by atoms with van der Waals surface area (Å²) in [5.74, 6) is 0.605.